The molecule has 0 saturated carbocycles. The van der Waals surface area contributed by atoms with Crippen molar-refractivity contribution in [3.63, 3.8) is 0 Å². The van der Waals surface area contributed by atoms with Crippen molar-refractivity contribution in [1.29, 1.82) is 0 Å². The first-order valence-electron chi connectivity index (χ1n) is 11.0. The van der Waals surface area contributed by atoms with Gasteiger partial charge >= 0.3 is 0 Å². The minimum atomic E-state index is 0.0765. The summed E-state index contributed by atoms with van der Waals surface area (Å²) in [5, 5.41) is 3.04. The van der Waals surface area contributed by atoms with Gasteiger partial charge in [-0.05, 0) is 36.7 Å². The van der Waals surface area contributed by atoms with Gasteiger partial charge in [0, 0.05) is 44.2 Å². The van der Waals surface area contributed by atoms with Gasteiger partial charge in [-0.3, -0.25) is 9.69 Å². The lowest BCUT2D eigenvalue weighted by atomic mass is 10.2. The minimum Gasteiger partial charge on any atom is -0.486 e. The Labute approximate surface area is 188 Å². The van der Waals surface area contributed by atoms with E-state index in [-0.39, 0.29) is 5.91 Å². The van der Waals surface area contributed by atoms with Crippen molar-refractivity contribution in [1.82, 2.24) is 15.1 Å². The quantitative estimate of drug-likeness (QED) is 0.477. The van der Waals surface area contributed by atoms with Crippen molar-refractivity contribution >= 4 is 17.7 Å². The number of piperazine rings is 1. The van der Waals surface area contributed by atoms with Gasteiger partial charge in [0.15, 0.2) is 11.5 Å². The van der Waals surface area contributed by atoms with E-state index >= 15 is 0 Å². The van der Waals surface area contributed by atoms with Crippen LogP contribution in [0.5, 0.6) is 11.5 Å². The van der Waals surface area contributed by atoms with Gasteiger partial charge in [0.1, 0.15) is 13.2 Å². The van der Waals surface area contributed by atoms with Crippen LogP contribution in [0.2, 0.25) is 0 Å². The number of carbonyl (C=O) groups is 1. The van der Waals surface area contributed by atoms with E-state index in [2.05, 4.69) is 45.4 Å². The van der Waals surface area contributed by atoms with Crippen LogP contribution in [-0.4, -0.2) is 73.9 Å². The van der Waals surface area contributed by atoms with Gasteiger partial charge in [-0.25, -0.2) is 0 Å². The molecule has 0 radical (unpaired) electrons. The van der Waals surface area contributed by atoms with Crippen LogP contribution in [0.25, 0.3) is 0 Å². The van der Waals surface area contributed by atoms with Gasteiger partial charge in [-0.2, -0.15) is 0 Å². The molecule has 4 rings (SSSR count). The Morgan fingerprint density at radius 1 is 0.935 bits per heavy atom. The molecule has 31 heavy (non-hydrogen) atoms. The number of benzene rings is 2. The van der Waals surface area contributed by atoms with Gasteiger partial charge in [0.25, 0.3) is 0 Å². The maximum absolute atomic E-state index is 12.2. The lowest BCUT2D eigenvalue weighted by Crippen LogP contribution is -2.46. The Morgan fingerprint density at radius 2 is 1.68 bits per heavy atom. The summed E-state index contributed by atoms with van der Waals surface area (Å²) in [4.78, 5) is 18.2. The van der Waals surface area contributed by atoms with E-state index in [1.54, 1.807) is 0 Å². The van der Waals surface area contributed by atoms with Gasteiger partial charge < -0.3 is 19.7 Å². The summed E-state index contributed by atoms with van der Waals surface area (Å²) >= 11 is 1.52. The predicted octanol–water partition coefficient (Wildman–Crippen LogP) is 2.87. The van der Waals surface area contributed by atoms with E-state index < -0.39 is 0 Å². The van der Waals surface area contributed by atoms with Crippen LogP contribution >= 0.6 is 11.8 Å². The molecule has 1 saturated heterocycles. The number of hydrogen-bond donors (Lipinski definition) is 1. The first kappa shape index (κ1) is 22.0. The number of nitrogens with zero attached hydrogens (tertiary/aromatic N) is 2. The highest BCUT2D eigenvalue weighted by molar-refractivity contribution is 8.00. The number of carbonyl (C=O) groups excluding carboxylic acids is 1. The second-order valence-corrected chi connectivity index (χ2v) is 8.95. The lowest BCUT2D eigenvalue weighted by molar-refractivity contribution is -0.118. The molecule has 2 heterocycles. The topological polar surface area (TPSA) is 54.0 Å². The minimum absolute atomic E-state index is 0.0765. The highest BCUT2D eigenvalue weighted by Crippen LogP contribution is 2.34. The third-order valence-electron chi connectivity index (χ3n) is 5.57. The zero-order valence-electron chi connectivity index (χ0n) is 17.9. The molecule has 0 atom stereocenters. The molecule has 1 fully saturated rings. The Morgan fingerprint density at radius 3 is 2.48 bits per heavy atom. The van der Waals surface area contributed by atoms with Crippen LogP contribution in [0.15, 0.2) is 53.4 Å². The molecule has 2 aliphatic heterocycles. The summed E-state index contributed by atoms with van der Waals surface area (Å²) in [6.45, 7) is 8.36. The molecule has 7 heteroatoms. The summed E-state index contributed by atoms with van der Waals surface area (Å²) in [5.74, 6) is 2.03. The maximum Gasteiger partial charge on any atom is 0.230 e. The average Bonchev–Trinajstić information content (AvgIpc) is 2.82. The summed E-state index contributed by atoms with van der Waals surface area (Å²) in [7, 11) is 0. The Hall–Kier alpha value is -2.22. The molecule has 0 aromatic heterocycles. The second kappa shape index (κ2) is 11.4. The Kier molecular flexibility index (Phi) is 8.10. The summed E-state index contributed by atoms with van der Waals surface area (Å²) in [6, 6.07) is 16.5. The molecule has 0 spiro atoms. The first-order chi connectivity index (χ1) is 15.3. The molecular formula is C24H31N3O3S. The number of rotatable bonds is 9. The standard InChI is InChI=1S/C24H31N3O3S/c28-24(19-31-21-7-8-22-23(17-21)30-16-15-29-22)25-9-4-10-26-11-13-27(14-12-26)18-20-5-2-1-3-6-20/h1-3,5-8,17H,4,9-16,18-19H2,(H,25,28). The SMILES string of the molecule is O=C(CSc1ccc2c(c1)OCCO2)NCCCN1CCN(Cc2ccccc2)CC1. The first-order valence-corrected chi connectivity index (χ1v) is 12.0. The molecule has 2 aliphatic rings. The lowest BCUT2D eigenvalue weighted by Gasteiger charge is -2.34. The molecule has 0 bridgehead atoms. The second-order valence-electron chi connectivity index (χ2n) is 7.90. The van der Waals surface area contributed by atoms with Gasteiger partial charge in [0.2, 0.25) is 5.91 Å². The van der Waals surface area contributed by atoms with Crippen molar-refractivity contribution in [2.45, 2.75) is 17.9 Å². The van der Waals surface area contributed by atoms with Crippen molar-refractivity contribution < 1.29 is 14.3 Å². The number of fused-ring (bicyclic) bond motifs is 1. The van der Waals surface area contributed by atoms with Crippen LogP contribution < -0.4 is 14.8 Å². The molecular weight excluding hydrogens is 410 g/mol. The monoisotopic (exact) mass is 441 g/mol. The van der Waals surface area contributed by atoms with Crippen molar-refractivity contribution in [3.05, 3.63) is 54.1 Å². The van der Waals surface area contributed by atoms with Crippen LogP contribution in [0.4, 0.5) is 0 Å². The van der Waals surface area contributed by atoms with Crippen molar-refractivity contribution in [2.75, 3.05) is 58.2 Å². The normalized spacial score (nSPS) is 16.8. The molecule has 1 N–H and O–H groups in total. The fourth-order valence-corrected chi connectivity index (χ4v) is 4.61. The molecule has 1 amide bonds. The van der Waals surface area contributed by atoms with Crippen molar-refractivity contribution in [3.8, 4) is 11.5 Å². The largest absolute Gasteiger partial charge is 0.486 e. The van der Waals surface area contributed by atoms with E-state index in [0.717, 1.165) is 68.6 Å². The van der Waals surface area contributed by atoms with Crippen LogP contribution in [-0.2, 0) is 11.3 Å². The average molecular weight is 442 g/mol. The highest BCUT2D eigenvalue weighted by atomic mass is 32.2. The fourth-order valence-electron chi connectivity index (χ4n) is 3.86. The van der Waals surface area contributed by atoms with E-state index in [0.29, 0.717) is 19.0 Å². The summed E-state index contributed by atoms with van der Waals surface area (Å²) in [6.07, 6.45) is 0.985. The van der Waals surface area contributed by atoms with E-state index in [1.165, 1.54) is 17.3 Å². The van der Waals surface area contributed by atoms with Gasteiger partial charge in [-0.1, -0.05) is 30.3 Å². The van der Waals surface area contributed by atoms with E-state index in [9.17, 15) is 4.79 Å². The predicted molar refractivity (Wildman–Crippen MR) is 124 cm³/mol. The summed E-state index contributed by atoms with van der Waals surface area (Å²) in [5.41, 5.74) is 1.38. The number of nitrogens with one attached hydrogen (secondary N) is 1. The fraction of sp³-hybridized carbons (Fsp3) is 0.458. The molecule has 2 aromatic rings. The smallest absolute Gasteiger partial charge is 0.230 e. The third kappa shape index (κ3) is 6.89. The molecule has 2 aromatic carbocycles. The number of hydrogen-bond acceptors (Lipinski definition) is 6. The maximum atomic E-state index is 12.2. The zero-order chi connectivity index (χ0) is 21.3. The van der Waals surface area contributed by atoms with Gasteiger partial charge in [0.05, 0.1) is 5.75 Å². The highest BCUT2D eigenvalue weighted by Gasteiger charge is 2.16. The number of amides is 1. The summed E-state index contributed by atoms with van der Waals surface area (Å²) < 4.78 is 11.1. The zero-order valence-corrected chi connectivity index (χ0v) is 18.7. The third-order valence-corrected chi connectivity index (χ3v) is 6.56. The van der Waals surface area contributed by atoms with Gasteiger partial charge in [-0.15, -0.1) is 11.8 Å². The Balaban J connectivity index is 1.07. The molecule has 6 nitrogen and oxygen atoms in total. The number of thioether (sulfide) groups is 1. The van der Waals surface area contributed by atoms with Crippen LogP contribution in [0, 0.1) is 0 Å². The van der Waals surface area contributed by atoms with Crippen molar-refractivity contribution in [2.24, 2.45) is 0 Å². The molecule has 166 valence electrons. The van der Waals surface area contributed by atoms with Crippen LogP contribution in [0.1, 0.15) is 12.0 Å². The Bertz CT molecular complexity index is 841. The van der Waals surface area contributed by atoms with Crippen LogP contribution in [0.3, 0.4) is 0 Å². The molecule has 0 aliphatic carbocycles. The molecule has 0 unspecified atom stereocenters. The number of ether oxygens (including phenoxy) is 2. The van der Waals surface area contributed by atoms with E-state index in [1.807, 2.05) is 18.2 Å². The van der Waals surface area contributed by atoms with E-state index in [4.69, 9.17) is 9.47 Å².